The van der Waals surface area contributed by atoms with Crippen molar-refractivity contribution < 1.29 is 14.3 Å². The Kier molecular flexibility index (Phi) is 6.13. The minimum Gasteiger partial charge on any atom is -0.493 e. The van der Waals surface area contributed by atoms with Crippen LogP contribution in [0.25, 0.3) is 22.1 Å². The molecule has 5 heterocycles. The van der Waals surface area contributed by atoms with Gasteiger partial charge < -0.3 is 14.7 Å². The number of rotatable bonds is 3. The smallest absolute Gasteiger partial charge is 0.164 e. The summed E-state index contributed by atoms with van der Waals surface area (Å²) in [6, 6.07) is 4.10. The first-order valence-corrected chi connectivity index (χ1v) is 13.5. The van der Waals surface area contributed by atoms with Gasteiger partial charge in [0.15, 0.2) is 17.3 Å². The Morgan fingerprint density at radius 2 is 1.18 bits per heavy atom. The number of carbonyl (C=O) groups excluding carboxylic acids is 2. The summed E-state index contributed by atoms with van der Waals surface area (Å²) in [6.07, 6.45) is 1.38. The Labute approximate surface area is 229 Å². The number of aromatic nitrogens is 4. The zero-order valence-corrected chi connectivity index (χ0v) is 24.7. The molecule has 3 aromatic heterocycles. The first-order valence-electron chi connectivity index (χ1n) is 13.5. The molecule has 0 atom stereocenters. The summed E-state index contributed by atoms with van der Waals surface area (Å²) in [6.45, 7) is 17.8. The van der Waals surface area contributed by atoms with Gasteiger partial charge in [0.2, 0.25) is 0 Å². The molecule has 0 saturated carbocycles. The minimum atomic E-state index is -0.282. The summed E-state index contributed by atoms with van der Waals surface area (Å²) < 4.78 is 5.95. The topological polar surface area (TPSA) is 101 Å². The molecule has 0 saturated heterocycles. The van der Waals surface area contributed by atoms with Crippen molar-refractivity contribution >= 4 is 33.6 Å². The van der Waals surface area contributed by atoms with Gasteiger partial charge in [0.25, 0.3) is 0 Å². The molecule has 7 heteroatoms. The molecule has 0 spiro atoms. The number of methoxy groups -OCH3 is 1. The van der Waals surface area contributed by atoms with Gasteiger partial charge in [0.1, 0.15) is 0 Å². The summed E-state index contributed by atoms with van der Waals surface area (Å²) in [7, 11) is 1.62. The van der Waals surface area contributed by atoms with E-state index in [-0.39, 0.29) is 22.4 Å². The second kappa shape index (κ2) is 8.90. The van der Waals surface area contributed by atoms with Crippen LogP contribution in [0.5, 0.6) is 5.75 Å². The average molecular weight is 527 g/mol. The largest absolute Gasteiger partial charge is 0.493 e. The first kappa shape index (κ1) is 26.9. The molecule has 0 fully saturated rings. The predicted octanol–water partition coefficient (Wildman–Crippen LogP) is 6.69. The predicted molar refractivity (Wildman–Crippen MR) is 155 cm³/mol. The molecular formula is C32H38N4O3. The Bertz CT molecular complexity index is 1730. The van der Waals surface area contributed by atoms with Crippen LogP contribution >= 0.6 is 0 Å². The quantitative estimate of drug-likeness (QED) is 0.370. The number of ether oxygens (including phenoxy) is 1. The van der Waals surface area contributed by atoms with Gasteiger partial charge in [-0.3, -0.25) is 19.6 Å². The van der Waals surface area contributed by atoms with Gasteiger partial charge in [-0.2, -0.15) is 0 Å². The van der Waals surface area contributed by atoms with Crippen LogP contribution in [-0.4, -0.2) is 38.6 Å². The second-order valence-electron chi connectivity index (χ2n) is 12.4. The second-order valence-corrected chi connectivity index (χ2v) is 12.4. The summed E-state index contributed by atoms with van der Waals surface area (Å²) in [5.74, 6) is 0.559. The standard InChI is InChI=1S/C32H38N4O3/c1-15-20-11-25-32(8,9)14-23(34-25)30(39-10)29-27(19(5)38)16(2)21(36-29)12-24-31(6,7)13-22(33-24)17(3)28(35-20)26(15)18(4)37/h11-12,35-36H,13-14H2,1-10H3. The van der Waals surface area contributed by atoms with Crippen molar-refractivity contribution in [1.29, 1.82) is 0 Å². The number of H-pyrrole nitrogens is 2. The molecular weight excluding hydrogens is 488 g/mol. The Hall–Kier alpha value is -3.74. The van der Waals surface area contributed by atoms with E-state index in [1.54, 1.807) is 21.0 Å². The molecule has 204 valence electrons. The van der Waals surface area contributed by atoms with Gasteiger partial charge in [-0.05, 0) is 63.4 Å². The first-order chi connectivity index (χ1) is 18.2. The molecule has 0 radical (unpaired) electrons. The maximum atomic E-state index is 12.9. The monoisotopic (exact) mass is 526 g/mol. The summed E-state index contributed by atoms with van der Waals surface area (Å²) in [5.41, 5.74) is 10.2. The number of aryl methyl sites for hydroxylation is 3. The van der Waals surface area contributed by atoms with E-state index in [0.29, 0.717) is 28.8 Å². The molecule has 8 bridgehead atoms. The van der Waals surface area contributed by atoms with Crippen molar-refractivity contribution in [3.63, 3.8) is 0 Å². The van der Waals surface area contributed by atoms with Gasteiger partial charge in [-0.1, -0.05) is 27.7 Å². The van der Waals surface area contributed by atoms with Crippen LogP contribution in [0.2, 0.25) is 0 Å². The zero-order chi connectivity index (χ0) is 28.6. The number of Topliss-reactive ketones (excluding diaryl/α,β-unsaturated/α-hetero) is 2. The molecule has 0 amide bonds. The van der Waals surface area contributed by atoms with Crippen LogP contribution in [0.1, 0.15) is 102 Å². The fourth-order valence-electron chi connectivity index (χ4n) is 6.12. The van der Waals surface area contributed by atoms with E-state index in [1.165, 1.54) is 0 Å². The molecule has 5 rings (SSSR count). The molecule has 2 aliphatic heterocycles. The number of hydrogen-bond acceptors (Lipinski definition) is 5. The van der Waals surface area contributed by atoms with E-state index in [0.717, 1.165) is 62.4 Å². The highest BCUT2D eigenvalue weighted by molar-refractivity contribution is 6.07. The third kappa shape index (κ3) is 4.19. The number of nitrogens with zero attached hydrogens (tertiary/aromatic N) is 2. The van der Waals surface area contributed by atoms with Crippen LogP contribution in [0.15, 0.2) is 12.1 Å². The van der Waals surface area contributed by atoms with Crippen molar-refractivity contribution in [1.82, 2.24) is 19.9 Å². The number of fused-ring (bicyclic) bond motifs is 8. The maximum absolute atomic E-state index is 12.9. The van der Waals surface area contributed by atoms with Gasteiger partial charge >= 0.3 is 0 Å². The van der Waals surface area contributed by atoms with E-state index in [9.17, 15) is 9.59 Å². The van der Waals surface area contributed by atoms with E-state index >= 15 is 0 Å². The third-order valence-corrected chi connectivity index (χ3v) is 8.46. The average Bonchev–Trinajstić information content (AvgIpc) is 3.51. The lowest BCUT2D eigenvalue weighted by Gasteiger charge is -2.16. The number of aromatic amines is 2. The molecule has 2 N–H and O–H groups in total. The SMILES string of the molecule is COc1c2nc(cc3[nH]c(c(C)c4nc(cc5[nH]c1c(C(C)=O)c5C)C(C)(C)C4)c(C(C)=O)c3C)C(C)(C)C2. The fraction of sp³-hybridized carbons (Fsp3) is 0.438. The molecule has 3 aromatic rings. The highest BCUT2D eigenvalue weighted by atomic mass is 16.5. The Morgan fingerprint density at radius 1 is 0.744 bits per heavy atom. The highest BCUT2D eigenvalue weighted by Gasteiger charge is 2.33. The Balaban J connectivity index is 2.07. The number of nitrogens with one attached hydrogen (secondary N) is 2. The van der Waals surface area contributed by atoms with Crippen molar-refractivity contribution in [2.45, 2.75) is 86.0 Å². The minimum absolute atomic E-state index is 0.0187. The summed E-state index contributed by atoms with van der Waals surface area (Å²) in [4.78, 5) is 43.0. The van der Waals surface area contributed by atoms with E-state index in [1.807, 2.05) is 32.9 Å². The van der Waals surface area contributed by atoms with Crippen LogP contribution in [0, 0.1) is 20.8 Å². The highest BCUT2D eigenvalue weighted by Crippen LogP contribution is 2.39. The van der Waals surface area contributed by atoms with Crippen LogP contribution < -0.4 is 4.74 Å². The normalized spacial score (nSPS) is 15.8. The summed E-state index contributed by atoms with van der Waals surface area (Å²) >= 11 is 0. The number of ketones is 2. The molecule has 2 aliphatic rings. The molecule has 0 aromatic carbocycles. The fourth-order valence-corrected chi connectivity index (χ4v) is 6.12. The van der Waals surface area contributed by atoms with Crippen molar-refractivity contribution in [2.75, 3.05) is 7.11 Å². The van der Waals surface area contributed by atoms with Gasteiger partial charge in [0.05, 0.1) is 23.8 Å². The van der Waals surface area contributed by atoms with E-state index < -0.39 is 0 Å². The van der Waals surface area contributed by atoms with Gasteiger partial charge in [-0.25, -0.2) is 0 Å². The number of hydrogen-bond donors (Lipinski definition) is 2. The Morgan fingerprint density at radius 3 is 1.67 bits per heavy atom. The maximum Gasteiger partial charge on any atom is 0.164 e. The lowest BCUT2D eigenvalue weighted by Crippen LogP contribution is -2.15. The van der Waals surface area contributed by atoms with Crippen LogP contribution in [0.3, 0.4) is 0 Å². The van der Waals surface area contributed by atoms with Crippen LogP contribution in [0.4, 0.5) is 0 Å². The van der Waals surface area contributed by atoms with Gasteiger partial charge in [0, 0.05) is 62.9 Å². The summed E-state index contributed by atoms with van der Waals surface area (Å²) in [5, 5.41) is 0. The zero-order valence-electron chi connectivity index (χ0n) is 24.7. The van der Waals surface area contributed by atoms with Crippen molar-refractivity contribution in [3.8, 4) is 5.75 Å². The van der Waals surface area contributed by atoms with Crippen molar-refractivity contribution in [3.05, 3.63) is 62.7 Å². The molecule has 0 aliphatic carbocycles. The lowest BCUT2D eigenvalue weighted by atomic mass is 9.86. The van der Waals surface area contributed by atoms with Crippen LogP contribution in [-0.2, 0) is 23.7 Å². The third-order valence-electron chi connectivity index (χ3n) is 8.46. The van der Waals surface area contributed by atoms with E-state index in [2.05, 4.69) is 37.7 Å². The lowest BCUT2D eigenvalue weighted by molar-refractivity contribution is 0.101. The van der Waals surface area contributed by atoms with Crippen molar-refractivity contribution in [2.24, 2.45) is 0 Å². The molecule has 0 unspecified atom stereocenters. The molecule has 7 nitrogen and oxygen atoms in total. The van der Waals surface area contributed by atoms with E-state index in [4.69, 9.17) is 14.7 Å². The van der Waals surface area contributed by atoms with Gasteiger partial charge in [-0.15, -0.1) is 0 Å². The number of carbonyl (C=O) groups is 2. The molecule has 39 heavy (non-hydrogen) atoms.